The fourth-order valence-corrected chi connectivity index (χ4v) is 6.07. The van der Waals surface area contributed by atoms with Gasteiger partial charge in [0.15, 0.2) is 0 Å². The zero-order valence-corrected chi connectivity index (χ0v) is 22.9. The Bertz CT molecular complexity index is 792. The highest BCUT2D eigenvalue weighted by molar-refractivity contribution is 7.90. The quantitative estimate of drug-likeness (QED) is 0.193. The van der Waals surface area contributed by atoms with E-state index in [0.29, 0.717) is 36.8 Å². The molecule has 9 heteroatoms. The van der Waals surface area contributed by atoms with Crippen LogP contribution >= 0.6 is 11.6 Å². The number of aliphatic carboxylic acids is 1. The molecule has 0 amide bonds. The first kappa shape index (κ1) is 27.6. The molecule has 2 rings (SSSR count). The molecule has 0 aliphatic carbocycles. The summed E-state index contributed by atoms with van der Waals surface area (Å²) in [4.78, 5) is 11.6. The van der Waals surface area contributed by atoms with Crippen LogP contribution in [0.4, 0.5) is 0 Å². The molecule has 0 saturated carbocycles. The molecular formula is C23H38ClNO5SSi. The number of rotatable bonds is 11. The lowest BCUT2D eigenvalue weighted by atomic mass is 9.85. The molecule has 0 spiro atoms. The Kier molecular flexibility index (Phi) is 9.29. The predicted octanol–water partition coefficient (Wildman–Crippen LogP) is 5.22. The average molecular weight is 504 g/mol. The van der Waals surface area contributed by atoms with Gasteiger partial charge in [-0.25, -0.2) is 0 Å². The van der Waals surface area contributed by atoms with E-state index in [0.717, 1.165) is 11.6 Å². The van der Waals surface area contributed by atoms with Crippen molar-refractivity contribution >= 4 is 37.0 Å². The third-order valence-corrected chi connectivity index (χ3v) is 9.61. The van der Waals surface area contributed by atoms with Crippen molar-refractivity contribution in [3.8, 4) is 0 Å². The van der Waals surface area contributed by atoms with Crippen LogP contribution in [-0.2, 0) is 31.2 Å². The normalized spacial score (nSPS) is 18.3. The van der Waals surface area contributed by atoms with Crippen LogP contribution in [0.25, 0.3) is 0 Å². The number of halogens is 1. The van der Waals surface area contributed by atoms with Crippen molar-refractivity contribution in [3.05, 3.63) is 34.3 Å². The molecule has 32 heavy (non-hydrogen) atoms. The van der Waals surface area contributed by atoms with Crippen LogP contribution < -0.4 is 0 Å². The Morgan fingerprint density at radius 3 is 2.41 bits per heavy atom. The molecule has 0 bridgehead atoms. The summed E-state index contributed by atoms with van der Waals surface area (Å²) in [6, 6.07) is 6.42. The topological polar surface area (TPSA) is 82.1 Å². The fourth-order valence-electron chi connectivity index (χ4n) is 3.59. The number of carboxylic acids is 1. The number of nitrogens with zero attached hydrogens (tertiary/aromatic N) is 1. The highest BCUT2D eigenvalue weighted by Crippen LogP contribution is 2.44. The largest absolute Gasteiger partial charge is 0.597 e. The first-order valence-corrected chi connectivity index (χ1v) is 16.3. The molecule has 1 aromatic carbocycles. The van der Waals surface area contributed by atoms with E-state index in [1.807, 2.05) is 44.1 Å². The highest BCUT2D eigenvalue weighted by atomic mass is 35.5. The summed E-state index contributed by atoms with van der Waals surface area (Å²) < 4.78 is 26.6. The number of carbonyl (C=O) groups is 1. The van der Waals surface area contributed by atoms with Gasteiger partial charge in [0.05, 0.1) is 19.1 Å². The first-order valence-electron chi connectivity index (χ1n) is 11.1. The van der Waals surface area contributed by atoms with Crippen molar-refractivity contribution in [2.45, 2.75) is 76.0 Å². The lowest BCUT2D eigenvalue weighted by molar-refractivity contribution is -0.139. The lowest BCUT2D eigenvalue weighted by Gasteiger charge is -2.50. The number of benzene rings is 1. The van der Waals surface area contributed by atoms with Crippen LogP contribution in [0.2, 0.25) is 30.7 Å². The van der Waals surface area contributed by atoms with Crippen LogP contribution in [-0.4, -0.2) is 59.3 Å². The molecule has 2 unspecified atom stereocenters. The summed E-state index contributed by atoms with van der Waals surface area (Å²) in [5, 5.41) is 9.97. The van der Waals surface area contributed by atoms with Gasteiger partial charge in [0.25, 0.3) is 0 Å². The zero-order valence-electron chi connectivity index (χ0n) is 20.4. The number of ether oxygens (including phenoxy) is 2. The van der Waals surface area contributed by atoms with Crippen LogP contribution in [0.15, 0.2) is 18.2 Å². The molecule has 6 nitrogen and oxygen atoms in total. The van der Waals surface area contributed by atoms with Crippen LogP contribution in [0.5, 0.6) is 0 Å². The van der Waals surface area contributed by atoms with Gasteiger partial charge in [0.1, 0.15) is 17.0 Å². The van der Waals surface area contributed by atoms with Crippen molar-refractivity contribution in [1.29, 1.82) is 0 Å². The van der Waals surface area contributed by atoms with Crippen molar-refractivity contribution < 1.29 is 23.9 Å². The second-order valence-corrected chi connectivity index (χ2v) is 18.8. The summed E-state index contributed by atoms with van der Waals surface area (Å²) in [5.41, 5.74) is 0.775. The van der Waals surface area contributed by atoms with Gasteiger partial charge < -0.3 is 19.1 Å². The molecule has 1 aromatic rings. The maximum Gasteiger partial charge on any atom is 0.310 e. The number of carboxylic acid groups (broad SMARTS) is 1. The average Bonchev–Trinajstić information content (AvgIpc) is 2.62. The lowest BCUT2D eigenvalue weighted by Crippen LogP contribution is -2.64. The Labute approximate surface area is 201 Å². The highest BCUT2D eigenvalue weighted by Gasteiger charge is 2.55. The van der Waals surface area contributed by atoms with Gasteiger partial charge in [0.2, 0.25) is 0 Å². The van der Waals surface area contributed by atoms with Crippen LogP contribution in [0.1, 0.15) is 51.2 Å². The van der Waals surface area contributed by atoms with E-state index in [2.05, 4.69) is 19.6 Å². The molecule has 1 N–H and O–H groups in total. The fraction of sp³-hybridized carbons (Fsp3) is 0.696. The van der Waals surface area contributed by atoms with E-state index >= 15 is 0 Å². The Morgan fingerprint density at radius 1 is 1.38 bits per heavy atom. The number of hydrogen-bond donors (Lipinski definition) is 1. The summed E-state index contributed by atoms with van der Waals surface area (Å²) in [7, 11) is -1.25. The molecule has 182 valence electrons. The second-order valence-electron chi connectivity index (χ2n) is 10.7. The predicted molar refractivity (Wildman–Crippen MR) is 133 cm³/mol. The van der Waals surface area contributed by atoms with Gasteiger partial charge in [0, 0.05) is 36.6 Å². The zero-order chi connectivity index (χ0) is 24.3. The van der Waals surface area contributed by atoms with E-state index in [9.17, 15) is 14.5 Å². The maximum atomic E-state index is 13.6. The SMILES string of the molecule is CCC(C(=O)O)c1ccc(C2(N(COCC[Si](C)(C)C)[S+]([O-])C(C)(C)C)COC2)c(Cl)c1. The second kappa shape index (κ2) is 10.8. The van der Waals surface area contributed by atoms with E-state index < -0.39 is 41.6 Å². The van der Waals surface area contributed by atoms with Gasteiger partial charge in [-0.2, -0.15) is 0 Å². The minimum Gasteiger partial charge on any atom is -0.597 e. The van der Waals surface area contributed by atoms with Crippen molar-refractivity contribution in [2.24, 2.45) is 0 Å². The van der Waals surface area contributed by atoms with Crippen molar-refractivity contribution in [3.63, 3.8) is 0 Å². The van der Waals surface area contributed by atoms with Crippen LogP contribution in [0.3, 0.4) is 0 Å². The molecule has 1 aliphatic rings. The Balaban J connectivity index is 2.38. The molecule has 2 atom stereocenters. The molecule has 1 heterocycles. The summed E-state index contributed by atoms with van der Waals surface area (Å²) in [6.45, 7) is 16.1. The minimum atomic E-state index is -1.36. The van der Waals surface area contributed by atoms with Crippen molar-refractivity contribution in [2.75, 3.05) is 26.6 Å². The van der Waals surface area contributed by atoms with E-state index in [1.165, 1.54) is 0 Å². The van der Waals surface area contributed by atoms with E-state index in [4.69, 9.17) is 21.1 Å². The monoisotopic (exact) mass is 503 g/mol. The van der Waals surface area contributed by atoms with E-state index in [1.54, 1.807) is 6.07 Å². The van der Waals surface area contributed by atoms with Crippen molar-refractivity contribution in [1.82, 2.24) is 4.31 Å². The molecule has 1 saturated heterocycles. The van der Waals surface area contributed by atoms with E-state index in [-0.39, 0.29) is 6.73 Å². The Hall–Kier alpha value is -0.613. The van der Waals surface area contributed by atoms with Gasteiger partial charge in [-0.3, -0.25) is 4.79 Å². The smallest absolute Gasteiger partial charge is 0.310 e. The summed E-state index contributed by atoms with van der Waals surface area (Å²) >= 11 is 5.34. The third-order valence-electron chi connectivity index (χ3n) is 5.69. The summed E-state index contributed by atoms with van der Waals surface area (Å²) in [5.74, 6) is -1.48. The summed E-state index contributed by atoms with van der Waals surface area (Å²) in [6.07, 6.45) is 0.477. The molecule has 0 radical (unpaired) electrons. The molecular weight excluding hydrogens is 466 g/mol. The van der Waals surface area contributed by atoms with Gasteiger partial charge >= 0.3 is 5.97 Å². The third kappa shape index (κ3) is 6.49. The van der Waals surface area contributed by atoms with Gasteiger partial charge in [-0.1, -0.05) is 54.6 Å². The Morgan fingerprint density at radius 2 is 2.00 bits per heavy atom. The standard InChI is InChI=1S/C23H38ClNO5SSi/c1-8-18(21(26)27)17-9-10-19(20(24)13-17)23(14-30-15-23)25(31(28)22(2,3)4)16-29-11-12-32(5,6)7/h9-10,13,18H,8,11-12,14-16H2,1-7H3,(H,26,27). The maximum absolute atomic E-state index is 13.6. The minimum absolute atomic E-state index is 0.211. The van der Waals surface area contributed by atoms with Gasteiger partial charge in [-0.15, -0.1) is 0 Å². The first-order chi connectivity index (χ1) is 14.7. The van der Waals surface area contributed by atoms with Crippen LogP contribution in [0, 0.1) is 0 Å². The molecule has 1 fully saturated rings. The van der Waals surface area contributed by atoms with Gasteiger partial charge in [-0.05, 0) is 44.9 Å². The molecule has 1 aliphatic heterocycles. The number of hydrogen-bond acceptors (Lipinski definition) is 5. The molecule has 0 aromatic heterocycles.